The third kappa shape index (κ3) is 7.24. The zero-order chi connectivity index (χ0) is 24.6. The van der Waals surface area contributed by atoms with Crippen LogP contribution in [0.15, 0.2) is 54.6 Å². The molecule has 0 aromatic heterocycles. The fourth-order valence-electron chi connectivity index (χ4n) is 4.57. The molecular formula is C26H32FN3O5. The van der Waals surface area contributed by atoms with Crippen LogP contribution < -0.4 is 10.6 Å². The molecule has 2 heterocycles. The molecule has 0 radical (unpaired) electrons. The second kappa shape index (κ2) is 12.1. The standard InChI is InChI=1S/C26H32FN3O5/c27-19-6-8-20(9-7-19)29-26(33)30-15-21(31)16-34-17-24-23(30)11-10-22(35-24)14-25(32)28-13-12-18-4-2-1-3-5-18/h1-9,21-24,31H,10-17H2,(H,28,32)(H,29,33)/t21-,22+,23+,24-/m0/s1. The van der Waals surface area contributed by atoms with Gasteiger partial charge in [0, 0.05) is 12.2 Å². The number of rotatable bonds is 6. The molecule has 3 amide bonds. The molecule has 188 valence electrons. The van der Waals surface area contributed by atoms with Crippen molar-refractivity contribution < 1.29 is 28.6 Å². The van der Waals surface area contributed by atoms with Gasteiger partial charge in [-0.25, -0.2) is 9.18 Å². The van der Waals surface area contributed by atoms with Gasteiger partial charge in [0.1, 0.15) is 11.9 Å². The molecule has 4 atom stereocenters. The maximum Gasteiger partial charge on any atom is 0.322 e. The lowest BCUT2D eigenvalue weighted by Crippen LogP contribution is -2.58. The van der Waals surface area contributed by atoms with Gasteiger partial charge in [-0.1, -0.05) is 30.3 Å². The minimum atomic E-state index is -0.831. The summed E-state index contributed by atoms with van der Waals surface area (Å²) in [5, 5.41) is 16.0. The van der Waals surface area contributed by atoms with E-state index in [0.29, 0.717) is 25.1 Å². The maximum absolute atomic E-state index is 13.2. The second-order valence-corrected chi connectivity index (χ2v) is 9.01. The van der Waals surface area contributed by atoms with Gasteiger partial charge in [0.05, 0.1) is 44.4 Å². The molecule has 2 aromatic rings. The summed E-state index contributed by atoms with van der Waals surface area (Å²) >= 11 is 0. The van der Waals surface area contributed by atoms with Gasteiger partial charge in [-0.05, 0) is 49.1 Å². The zero-order valence-corrected chi connectivity index (χ0v) is 19.6. The largest absolute Gasteiger partial charge is 0.389 e. The van der Waals surface area contributed by atoms with Crippen LogP contribution in [0.5, 0.6) is 0 Å². The number of anilines is 1. The van der Waals surface area contributed by atoms with Gasteiger partial charge in [0.25, 0.3) is 0 Å². The summed E-state index contributed by atoms with van der Waals surface area (Å²) in [5.74, 6) is -0.463. The summed E-state index contributed by atoms with van der Waals surface area (Å²) in [7, 11) is 0. The van der Waals surface area contributed by atoms with Crippen molar-refractivity contribution in [2.24, 2.45) is 0 Å². The summed E-state index contributed by atoms with van der Waals surface area (Å²) < 4.78 is 25.0. The third-order valence-corrected chi connectivity index (χ3v) is 6.33. The van der Waals surface area contributed by atoms with Crippen LogP contribution in [0.1, 0.15) is 24.8 Å². The maximum atomic E-state index is 13.2. The molecule has 8 nitrogen and oxygen atoms in total. The highest BCUT2D eigenvalue weighted by molar-refractivity contribution is 5.89. The lowest BCUT2D eigenvalue weighted by atomic mass is 9.95. The van der Waals surface area contributed by atoms with Gasteiger partial charge in [0.2, 0.25) is 5.91 Å². The van der Waals surface area contributed by atoms with Gasteiger partial charge < -0.3 is 30.1 Å². The monoisotopic (exact) mass is 485 g/mol. The molecule has 2 aromatic carbocycles. The predicted octanol–water partition coefficient (Wildman–Crippen LogP) is 2.72. The van der Waals surface area contributed by atoms with Gasteiger partial charge in [-0.2, -0.15) is 0 Å². The van der Waals surface area contributed by atoms with Crippen molar-refractivity contribution in [3.8, 4) is 0 Å². The minimum Gasteiger partial charge on any atom is -0.389 e. The van der Waals surface area contributed by atoms with Crippen molar-refractivity contribution in [1.82, 2.24) is 10.2 Å². The Labute approximate surface area is 204 Å². The first-order valence-corrected chi connectivity index (χ1v) is 12.0. The fourth-order valence-corrected chi connectivity index (χ4v) is 4.57. The molecule has 2 saturated heterocycles. The Morgan fingerprint density at radius 3 is 2.60 bits per heavy atom. The van der Waals surface area contributed by atoms with Crippen LogP contribution in [0.3, 0.4) is 0 Å². The number of hydrogen-bond donors (Lipinski definition) is 3. The topological polar surface area (TPSA) is 100 Å². The minimum absolute atomic E-state index is 0.0718. The molecule has 9 heteroatoms. The molecule has 3 N–H and O–H groups in total. The van der Waals surface area contributed by atoms with Crippen LogP contribution in [0.2, 0.25) is 0 Å². The van der Waals surface area contributed by atoms with E-state index < -0.39 is 24.1 Å². The smallest absolute Gasteiger partial charge is 0.322 e. The van der Waals surface area contributed by atoms with Crippen LogP contribution in [0.25, 0.3) is 0 Å². The van der Waals surface area contributed by atoms with E-state index >= 15 is 0 Å². The van der Waals surface area contributed by atoms with Gasteiger partial charge in [-0.3, -0.25) is 4.79 Å². The zero-order valence-electron chi connectivity index (χ0n) is 19.6. The molecule has 0 aliphatic carbocycles. The fraction of sp³-hybridized carbons (Fsp3) is 0.462. The van der Waals surface area contributed by atoms with Crippen LogP contribution in [-0.4, -0.2) is 72.6 Å². The number of fused-ring (bicyclic) bond motifs is 1. The van der Waals surface area contributed by atoms with Gasteiger partial charge in [-0.15, -0.1) is 0 Å². The van der Waals surface area contributed by atoms with E-state index in [1.54, 1.807) is 4.90 Å². The molecule has 0 unspecified atom stereocenters. The normalized spacial score (nSPS) is 24.6. The van der Waals surface area contributed by atoms with Crippen LogP contribution in [-0.2, 0) is 20.7 Å². The summed E-state index contributed by atoms with van der Waals surface area (Å²) in [6.45, 7) is 0.938. The molecule has 4 rings (SSSR count). The van der Waals surface area contributed by atoms with Crippen molar-refractivity contribution in [3.05, 3.63) is 66.0 Å². The second-order valence-electron chi connectivity index (χ2n) is 9.01. The van der Waals surface area contributed by atoms with E-state index in [0.717, 1.165) is 12.0 Å². The number of nitrogens with zero attached hydrogens (tertiary/aromatic N) is 1. The summed E-state index contributed by atoms with van der Waals surface area (Å²) in [6.07, 6.45) is 0.686. The number of benzene rings is 2. The van der Waals surface area contributed by atoms with Crippen LogP contribution in [0.4, 0.5) is 14.9 Å². The predicted molar refractivity (Wildman–Crippen MR) is 128 cm³/mol. The van der Waals surface area contributed by atoms with Crippen molar-refractivity contribution in [2.45, 2.75) is 50.0 Å². The highest BCUT2D eigenvalue weighted by Gasteiger charge is 2.40. The number of carbonyl (C=O) groups is 2. The quantitative estimate of drug-likeness (QED) is 0.584. The number of nitrogens with one attached hydrogen (secondary N) is 2. The van der Waals surface area contributed by atoms with E-state index in [1.807, 2.05) is 30.3 Å². The lowest BCUT2D eigenvalue weighted by Gasteiger charge is -2.44. The molecule has 0 bridgehead atoms. The van der Waals surface area contributed by atoms with E-state index in [4.69, 9.17) is 9.47 Å². The Kier molecular flexibility index (Phi) is 8.68. The molecular weight excluding hydrogens is 453 g/mol. The summed E-state index contributed by atoms with van der Waals surface area (Å²) in [5.41, 5.74) is 1.62. The lowest BCUT2D eigenvalue weighted by molar-refractivity contribution is -0.149. The van der Waals surface area contributed by atoms with Crippen molar-refractivity contribution in [2.75, 3.05) is 31.6 Å². The Hall–Kier alpha value is -3.01. The van der Waals surface area contributed by atoms with Gasteiger partial charge in [0.15, 0.2) is 0 Å². The number of β-amino-alcohol motifs (C(OH)–C–C–N with tert-alkyl or cyclic N) is 1. The van der Waals surface area contributed by atoms with E-state index in [1.165, 1.54) is 24.3 Å². The molecule has 2 aliphatic heterocycles. The number of halogens is 1. The van der Waals surface area contributed by atoms with Crippen molar-refractivity contribution in [3.63, 3.8) is 0 Å². The third-order valence-electron chi connectivity index (χ3n) is 6.33. The summed E-state index contributed by atoms with van der Waals surface area (Å²) in [6, 6.07) is 14.8. The number of hydrogen-bond acceptors (Lipinski definition) is 5. The summed E-state index contributed by atoms with van der Waals surface area (Å²) in [4.78, 5) is 27.1. The van der Waals surface area contributed by atoms with Crippen molar-refractivity contribution in [1.29, 1.82) is 0 Å². The Balaban J connectivity index is 1.32. The van der Waals surface area contributed by atoms with E-state index in [2.05, 4.69) is 10.6 Å². The molecule has 2 fully saturated rings. The van der Waals surface area contributed by atoms with Crippen LogP contribution >= 0.6 is 0 Å². The Morgan fingerprint density at radius 1 is 1.06 bits per heavy atom. The number of urea groups is 1. The number of carbonyl (C=O) groups excluding carboxylic acids is 2. The first-order valence-electron chi connectivity index (χ1n) is 12.0. The molecule has 2 aliphatic rings. The van der Waals surface area contributed by atoms with E-state index in [-0.39, 0.29) is 44.2 Å². The number of aliphatic hydroxyl groups excluding tert-OH is 1. The van der Waals surface area contributed by atoms with Crippen LogP contribution in [0, 0.1) is 5.82 Å². The highest BCUT2D eigenvalue weighted by Crippen LogP contribution is 2.28. The van der Waals surface area contributed by atoms with Gasteiger partial charge >= 0.3 is 6.03 Å². The SMILES string of the molecule is O=C(C[C@H]1CC[C@@H]2[C@H](COC[C@@H](O)CN2C(=O)Nc2ccc(F)cc2)O1)NCCc1ccccc1. The number of amides is 3. The average Bonchev–Trinajstić information content (AvgIpc) is 2.84. The average molecular weight is 486 g/mol. The Bertz CT molecular complexity index is 975. The molecule has 0 saturated carbocycles. The van der Waals surface area contributed by atoms with E-state index in [9.17, 15) is 19.1 Å². The first-order chi connectivity index (χ1) is 17.0. The first kappa shape index (κ1) is 25.1. The highest BCUT2D eigenvalue weighted by atomic mass is 19.1. The van der Waals surface area contributed by atoms with Crippen molar-refractivity contribution >= 4 is 17.6 Å². The molecule has 35 heavy (non-hydrogen) atoms. The Morgan fingerprint density at radius 2 is 1.83 bits per heavy atom. The molecule has 0 spiro atoms. The number of ether oxygens (including phenoxy) is 2. The number of aliphatic hydroxyl groups is 1.